The van der Waals surface area contributed by atoms with E-state index >= 15 is 0 Å². The molecular weight excluding hydrogens is 535 g/mol. The lowest BCUT2D eigenvalue weighted by Crippen LogP contribution is -2.48. The van der Waals surface area contributed by atoms with E-state index in [1.54, 1.807) is 0 Å². The van der Waals surface area contributed by atoms with Crippen LogP contribution in [0.3, 0.4) is 0 Å². The smallest absolute Gasteiger partial charge is 0.348 e. The van der Waals surface area contributed by atoms with Crippen LogP contribution in [0.25, 0.3) is 0 Å². The van der Waals surface area contributed by atoms with E-state index in [1.807, 2.05) is 24.8 Å². The molecule has 1 heterocycles. The second-order valence-corrected chi connectivity index (χ2v) is 15.4. The van der Waals surface area contributed by atoms with Crippen molar-refractivity contribution < 1.29 is 28.3 Å². The molecule has 39 heavy (non-hydrogen) atoms. The second-order valence-electron chi connectivity index (χ2n) is 12.2. The van der Waals surface area contributed by atoms with Gasteiger partial charge in [-0.1, -0.05) is 27.7 Å². The van der Waals surface area contributed by atoms with Crippen LogP contribution in [0.5, 0.6) is 0 Å². The van der Waals surface area contributed by atoms with Crippen molar-refractivity contribution in [3.63, 3.8) is 0 Å². The molecule has 8 nitrogen and oxygen atoms in total. The molecular formula is C29H49N2O6PS. The van der Waals surface area contributed by atoms with Crippen molar-refractivity contribution in [1.82, 2.24) is 5.32 Å². The van der Waals surface area contributed by atoms with Crippen LogP contribution < -0.4 is 10.2 Å². The van der Waals surface area contributed by atoms with E-state index in [0.29, 0.717) is 37.5 Å². The number of amides is 1. The quantitative estimate of drug-likeness (QED) is 0.253. The van der Waals surface area contributed by atoms with E-state index < -0.39 is 13.6 Å². The Morgan fingerprint density at radius 1 is 1.05 bits per heavy atom. The molecule has 0 bridgehead atoms. The highest BCUT2D eigenvalue weighted by Crippen LogP contribution is 2.47. The number of aromatic carboxylic acids is 1. The van der Waals surface area contributed by atoms with Crippen molar-refractivity contribution >= 4 is 36.5 Å². The van der Waals surface area contributed by atoms with Crippen LogP contribution in [-0.4, -0.2) is 55.0 Å². The number of anilines is 1. The molecule has 0 aromatic carbocycles. The molecule has 10 heteroatoms. The van der Waals surface area contributed by atoms with Crippen LogP contribution in [0, 0.1) is 11.8 Å². The molecule has 0 saturated heterocycles. The van der Waals surface area contributed by atoms with E-state index in [9.17, 15) is 19.3 Å². The monoisotopic (exact) mass is 584 g/mol. The minimum Gasteiger partial charge on any atom is -0.477 e. The predicted molar refractivity (Wildman–Crippen MR) is 158 cm³/mol. The van der Waals surface area contributed by atoms with Gasteiger partial charge in [-0.05, 0) is 82.6 Å². The number of nitrogens with zero attached hydrogens (tertiary/aromatic N) is 1. The third-order valence-electron chi connectivity index (χ3n) is 8.04. The van der Waals surface area contributed by atoms with Gasteiger partial charge in [0.05, 0.1) is 25.1 Å². The first-order valence-electron chi connectivity index (χ1n) is 14.7. The van der Waals surface area contributed by atoms with Crippen LogP contribution in [0.1, 0.15) is 107 Å². The maximum atomic E-state index is 14.1. The van der Waals surface area contributed by atoms with Crippen molar-refractivity contribution in [2.45, 2.75) is 110 Å². The lowest BCUT2D eigenvalue weighted by atomic mass is 9.81. The summed E-state index contributed by atoms with van der Waals surface area (Å²) in [5.74, 6) is -0.298. The minimum absolute atomic E-state index is 0.0339. The molecule has 1 aromatic rings. The first-order valence-corrected chi connectivity index (χ1v) is 17.2. The molecule has 2 fully saturated rings. The first kappa shape index (κ1) is 32.3. The van der Waals surface area contributed by atoms with Crippen molar-refractivity contribution in [1.29, 1.82) is 0 Å². The summed E-state index contributed by atoms with van der Waals surface area (Å²) in [6, 6.07) is 2.17. The van der Waals surface area contributed by atoms with Gasteiger partial charge in [-0.25, -0.2) is 4.79 Å². The number of hydrogen-bond donors (Lipinski definition) is 2. The number of carboxylic acid groups (broad SMARTS) is 1. The van der Waals surface area contributed by atoms with E-state index in [1.165, 1.54) is 11.3 Å². The molecule has 2 saturated carbocycles. The number of carbonyl (C=O) groups is 2. The van der Waals surface area contributed by atoms with Crippen LogP contribution in [0.2, 0.25) is 0 Å². The van der Waals surface area contributed by atoms with Crippen LogP contribution >= 0.6 is 18.9 Å². The summed E-state index contributed by atoms with van der Waals surface area (Å²) < 4.78 is 23.6. The van der Waals surface area contributed by atoms with Gasteiger partial charge in [0.25, 0.3) is 0 Å². The van der Waals surface area contributed by atoms with Gasteiger partial charge in [0.1, 0.15) is 4.88 Å². The van der Waals surface area contributed by atoms with Gasteiger partial charge in [0.2, 0.25) is 5.91 Å². The van der Waals surface area contributed by atoms with Gasteiger partial charge in [-0.3, -0.25) is 9.36 Å². The van der Waals surface area contributed by atoms with Gasteiger partial charge in [0, 0.05) is 29.4 Å². The molecule has 2 aliphatic rings. The molecule has 0 radical (unpaired) electrons. The van der Waals surface area contributed by atoms with E-state index in [0.717, 1.165) is 56.2 Å². The average Bonchev–Trinajstić information content (AvgIpc) is 3.32. The maximum Gasteiger partial charge on any atom is 0.348 e. The Kier molecular flexibility index (Phi) is 11.7. The van der Waals surface area contributed by atoms with Crippen LogP contribution in [0.4, 0.5) is 5.69 Å². The average molecular weight is 585 g/mol. The molecule has 2 N–H and O–H groups in total. The lowest BCUT2D eigenvalue weighted by Gasteiger charge is -2.40. The van der Waals surface area contributed by atoms with Crippen molar-refractivity contribution in [3.05, 3.63) is 15.8 Å². The van der Waals surface area contributed by atoms with Gasteiger partial charge >= 0.3 is 13.6 Å². The fourth-order valence-corrected chi connectivity index (χ4v) is 8.35. The molecule has 0 atom stereocenters. The Morgan fingerprint density at radius 3 is 2.15 bits per heavy atom. The van der Waals surface area contributed by atoms with Crippen molar-refractivity contribution in [2.24, 2.45) is 11.8 Å². The molecule has 0 spiro atoms. The normalized spacial score (nSPS) is 24.5. The SMILES string of the molecule is CCOP(=O)(CCNC1CCC(N(c2cc(C(C)(C)C)sc2C(=O)O)C(=O)[C@H]2CC[C@H](C)CC2)CC1)OCC. The zero-order valence-corrected chi connectivity index (χ0v) is 26.4. The number of nitrogens with one attached hydrogen (secondary N) is 1. The van der Waals surface area contributed by atoms with Crippen molar-refractivity contribution in [2.75, 3.05) is 30.8 Å². The highest BCUT2D eigenvalue weighted by atomic mass is 32.1. The standard InChI is InChI=1S/C29H49N2O6PS/c1-7-36-38(35,37-8-2)18-17-30-22-13-15-23(16-14-22)31(27(32)21-11-9-20(3)10-12-21)24-19-25(29(4,5)6)39-26(24)28(33)34/h19-23,30H,7-18H2,1-6H3,(H,33,34)/t20-,21-,22?,23?. The number of hydrogen-bond acceptors (Lipinski definition) is 7. The summed E-state index contributed by atoms with van der Waals surface area (Å²) in [7, 11) is -3.08. The molecule has 1 aromatic heterocycles. The van der Waals surface area contributed by atoms with Crippen LogP contribution in [-0.2, 0) is 23.8 Å². The Balaban J connectivity index is 1.76. The maximum absolute atomic E-state index is 14.1. The molecule has 222 valence electrons. The summed E-state index contributed by atoms with van der Waals surface area (Å²) in [6.07, 6.45) is 7.45. The summed E-state index contributed by atoms with van der Waals surface area (Å²) in [4.78, 5) is 29.6. The van der Waals surface area contributed by atoms with E-state index in [-0.39, 0.29) is 34.2 Å². The molecule has 0 aliphatic heterocycles. The third kappa shape index (κ3) is 8.62. The highest BCUT2D eigenvalue weighted by molar-refractivity contribution is 7.53. The molecule has 2 aliphatic carbocycles. The number of rotatable bonds is 12. The predicted octanol–water partition coefficient (Wildman–Crippen LogP) is 7.07. The highest BCUT2D eigenvalue weighted by Gasteiger charge is 2.38. The Bertz CT molecular complexity index is 996. The zero-order chi connectivity index (χ0) is 28.8. The second kappa shape index (κ2) is 14.1. The summed E-state index contributed by atoms with van der Waals surface area (Å²) in [5, 5.41) is 13.6. The lowest BCUT2D eigenvalue weighted by molar-refractivity contribution is -0.124. The first-order chi connectivity index (χ1) is 18.4. The number of carboxylic acids is 1. The topological polar surface area (TPSA) is 105 Å². The Labute approximate surface area is 238 Å². The fourth-order valence-electron chi connectivity index (χ4n) is 5.79. The van der Waals surface area contributed by atoms with Gasteiger partial charge < -0.3 is 24.4 Å². The zero-order valence-electron chi connectivity index (χ0n) is 24.7. The van der Waals surface area contributed by atoms with Gasteiger partial charge in [-0.15, -0.1) is 11.3 Å². The third-order valence-corrected chi connectivity index (χ3v) is 11.7. The van der Waals surface area contributed by atoms with Crippen LogP contribution in [0.15, 0.2) is 6.07 Å². The Hall–Kier alpha value is -1.25. The minimum atomic E-state index is -3.08. The summed E-state index contributed by atoms with van der Waals surface area (Å²) in [5.41, 5.74) is 0.373. The largest absolute Gasteiger partial charge is 0.477 e. The van der Waals surface area contributed by atoms with Gasteiger partial charge in [0.15, 0.2) is 0 Å². The van der Waals surface area contributed by atoms with E-state index in [4.69, 9.17) is 9.05 Å². The fraction of sp³-hybridized carbons (Fsp3) is 0.793. The summed E-state index contributed by atoms with van der Waals surface area (Å²) >= 11 is 1.30. The molecule has 0 unspecified atom stereocenters. The van der Waals surface area contributed by atoms with Crippen molar-refractivity contribution in [3.8, 4) is 0 Å². The summed E-state index contributed by atoms with van der Waals surface area (Å²) in [6.45, 7) is 13.4. The van der Waals surface area contributed by atoms with Gasteiger partial charge in [-0.2, -0.15) is 0 Å². The molecule has 3 rings (SSSR count). The number of thiophene rings is 1. The number of carbonyl (C=O) groups excluding carboxylic acids is 1. The Morgan fingerprint density at radius 2 is 1.64 bits per heavy atom. The van der Waals surface area contributed by atoms with E-state index in [2.05, 4.69) is 33.0 Å². The molecule has 1 amide bonds.